The summed E-state index contributed by atoms with van der Waals surface area (Å²) in [4.78, 5) is 0. The topological polar surface area (TPSA) is 84.2 Å². The molecule has 18 heavy (non-hydrogen) atoms. The Balaban J connectivity index is 2.74. The number of benzene rings is 1. The first kappa shape index (κ1) is 14.6. The van der Waals surface area contributed by atoms with Gasteiger partial charge in [0, 0.05) is 5.69 Å². The SMILES string of the molecule is Cc1cc(NS(=O)(=O)NCC(F)(F)F)ccc1N. The lowest BCUT2D eigenvalue weighted by Gasteiger charge is -2.12. The van der Waals surface area contributed by atoms with Crippen LogP contribution in [0.4, 0.5) is 24.5 Å². The number of hydrogen-bond acceptors (Lipinski definition) is 3. The van der Waals surface area contributed by atoms with E-state index in [9.17, 15) is 21.6 Å². The highest BCUT2D eigenvalue weighted by molar-refractivity contribution is 7.90. The van der Waals surface area contributed by atoms with Crippen molar-refractivity contribution in [3.63, 3.8) is 0 Å². The summed E-state index contributed by atoms with van der Waals surface area (Å²) in [5, 5.41) is 0. The molecular weight excluding hydrogens is 271 g/mol. The summed E-state index contributed by atoms with van der Waals surface area (Å²) in [6, 6.07) is 4.23. The molecule has 0 aromatic heterocycles. The van der Waals surface area contributed by atoms with Gasteiger partial charge in [-0.25, -0.2) is 0 Å². The van der Waals surface area contributed by atoms with Gasteiger partial charge in [-0.1, -0.05) is 0 Å². The van der Waals surface area contributed by atoms with E-state index < -0.39 is 22.9 Å². The molecule has 5 nitrogen and oxygen atoms in total. The van der Waals surface area contributed by atoms with Crippen molar-refractivity contribution in [2.45, 2.75) is 13.1 Å². The molecule has 0 heterocycles. The quantitative estimate of drug-likeness (QED) is 0.730. The summed E-state index contributed by atoms with van der Waals surface area (Å²) in [6.07, 6.45) is -4.61. The van der Waals surface area contributed by atoms with Crippen LogP contribution in [-0.2, 0) is 10.2 Å². The van der Waals surface area contributed by atoms with Crippen molar-refractivity contribution in [2.75, 3.05) is 17.0 Å². The minimum Gasteiger partial charge on any atom is -0.399 e. The van der Waals surface area contributed by atoms with Gasteiger partial charge in [-0.3, -0.25) is 4.72 Å². The molecule has 0 unspecified atom stereocenters. The van der Waals surface area contributed by atoms with Gasteiger partial charge in [-0.15, -0.1) is 0 Å². The number of halogens is 3. The lowest BCUT2D eigenvalue weighted by molar-refractivity contribution is -0.121. The van der Waals surface area contributed by atoms with Gasteiger partial charge >= 0.3 is 6.18 Å². The number of alkyl halides is 3. The maximum absolute atomic E-state index is 11.9. The summed E-state index contributed by atoms with van der Waals surface area (Å²) < 4.78 is 61.5. The second-order valence-corrected chi connectivity index (χ2v) is 5.11. The molecule has 0 aliphatic rings. The van der Waals surface area contributed by atoms with Crippen molar-refractivity contribution in [3.8, 4) is 0 Å². The number of anilines is 2. The third-order valence-corrected chi connectivity index (χ3v) is 3.01. The van der Waals surface area contributed by atoms with E-state index in [1.54, 1.807) is 6.92 Å². The average Bonchev–Trinajstić information content (AvgIpc) is 2.20. The summed E-state index contributed by atoms with van der Waals surface area (Å²) in [6.45, 7) is 0.0204. The van der Waals surface area contributed by atoms with Crippen LogP contribution in [0.15, 0.2) is 18.2 Å². The molecule has 102 valence electrons. The van der Waals surface area contributed by atoms with E-state index in [0.29, 0.717) is 11.3 Å². The number of nitrogens with two attached hydrogens (primary N) is 1. The predicted octanol–water partition coefficient (Wildman–Crippen LogP) is 1.39. The van der Waals surface area contributed by atoms with Gasteiger partial charge < -0.3 is 5.73 Å². The average molecular weight is 283 g/mol. The molecule has 0 atom stereocenters. The Labute approximate surface area is 102 Å². The zero-order chi connectivity index (χ0) is 14.0. The van der Waals surface area contributed by atoms with Gasteiger partial charge in [-0.2, -0.15) is 26.3 Å². The number of nitrogen functional groups attached to an aromatic ring is 1. The highest BCUT2D eigenvalue weighted by Crippen LogP contribution is 2.18. The van der Waals surface area contributed by atoms with Crippen LogP contribution in [0.2, 0.25) is 0 Å². The van der Waals surface area contributed by atoms with Crippen LogP contribution in [0.5, 0.6) is 0 Å². The molecule has 0 fully saturated rings. The first-order chi connectivity index (χ1) is 8.09. The van der Waals surface area contributed by atoms with E-state index in [1.165, 1.54) is 22.9 Å². The molecule has 1 aromatic carbocycles. The van der Waals surface area contributed by atoms with Crippen molar-refractivity contribution in [3.05, 3.63) is 23.8 Å². The summed E-state index contributed by atoms with van der Waals surface area (Å²) in [7, 11) is -4.26. The first-order valence-electron chi connectivity index (χ1n) is 4.79. The largest absolute Gasteiger partial charge is 0.402 e. The molecule has 0 spiro atoms. The van der Waals surface area contributed by atoms with E-state index in [1.807, 2.05) is 4.72 Å². The van der Waals surface area contributed by atoms with Gasteiger partial charge in [0.05, 0.1) is 5.69 Å². The molecule has 0 amide bonds. The number of aryl methyl sites for hydroxylation is 1. The summed E-state index contributed by atoms with van der Waals surface area (Å²) in [5.74, 6) is 0. The zero-order valence-electron chi connectivity index (χ0n) is 9.38. The van der Waals surface area contributed by atoms with Crippen molar-refractivity contribution < 1.29 is 21.6 Å². The fourth-order valence-corrected chi connectivity index (χ4v) is 1.97. The Kier molecular flexibility index (Phi) is 4.07. The van der Waals surface area contributed by atoms with E-state index in [4.69, 9.17) is 5.73 Å². The number of hydrogen-bond donors (Lipinski definition) is 3. The summed E-state index contributed by atoms with van der Waals surface area (Å²) in [5.41, 5.74) is 6.74. The summed E-state index contributed by atoms with van der Waals surface area (Å²) >= 11 is 0. The van der Waals surface area contributed by atoms with Gasteiger partial charge in [0.25, 0.3) is 10.2 Å². The molecule has 0 radical (unpaired) electrons. The fourth-order valence-electron chi connectivity index (χ4n) is 1.11. The van der Waals surface area contributed by atoms with Gasteiger partial charge in [0.2, 0.25) is 0 Å². The minimum atomic E-state index is -4.61. The van der Waals surface area contributed by atoms with E-state index >= 15 is 0 Å². The Morgan fingerprint density at radius 1 is 1.33 bits per heavy atom. The highest BCUT2D eigenvalue weighted by atomic mass is 32.2. The molecule has 1 aromatic rings. The Morgan fingerprint density at radius 2 is 1.94 bits per heavy atom. The third kappa shape index (κ3) is 4.80. The number of rotatable bonds is 4. The van der Waals surface area contributed by atoms with E-state index in [0.717, 1.165) is 0 Å². The van der Waals surface area contributed by atoms with Gasteiger partial charge in [-0.05, 0) is 30.7 Å². The lowest BCUT2D eigenvalue weighted by atomic mass is 10.2. The normalized spacial score (nSPS) is 12.4. The van der Waals surface area contributed by atoms with Crippen molar-refractivity contribution in [2.24, 2.45) is 0 Å². The minimum absolute atomic E-state index is 0.136. The monoisotopic (exact) mass is 283 g/mol. The second-order valence-electron chi connectivity index (χ2n) is 3.61. The third-order valence-electron chi connectivity index (χ3n) is 1.98. The zero-order valence-corrected chi connectivity index (χ0v) is 10.2. The Hall–Kier alpha value is -1.48. The molecular formula is C9H12F3N3O2S. The van der Waals surface area contributed by atoms with Crippen molar-refractivity contribution in [1.82, 2.24) is 4.72 Å². The van der Waals surface area contributed by atoms with Crippen LogP contribution in [0.1, 0.15) is 5.56 Å². The van der Waals surface area contributed by atoms with Crippen LogP contribution in [0.25, 0.3) is 0 Å². The molecule has 1 rings (SSSR count). The first-order valence-corrected chi connectivity index (χ1v) is 6.28. The van der Waals surface area contributed by atoms with E-state index in [2.05, 4.69) is 0 Å². The number of nitrogens with one attached hydrogen (secondary N) is 2. The van der Waals surface area contributed by atoms with Crippen LogP contribution in [0, 0.1) is 6.92 Å². The molecule has 0 aliphatic carbocycles. The van der Waals surface area contributed by atoms with Crippen LogP contribution >= 0.6 is 0 Å². The fraction of sp³-hybridized carbons (Fsp3) is 0.333. The Morgan fingerprint density at radius 3 is 2.44 bits per heavy atom. The molecule has 0 saturated heterocycles. The Bertz CT molecular complexity index is 528. The van der Waals surface area contributed by atoms with E-state index in [-0.39, 0.29) is 5.69 Å². The van der Waals surface area contributed by atoms with Crippen molar-refractivity contribution in [1.29, 1.82) is 0 Å². The lowest BCUT2D eigenvalue weighted by Crippen LogP contribution is -2.37. The maximum atomic E-state index is 11.9. The predicted molar refractivity (Wildman–Crippen MR) is 62.2 cm³/mol. The maximum Gasteiger partial charge on any atom is 0.402 e. The molecule has 4 N–H and O–H groups in total. The molecule has 9 heteroatoms. The van der Waals surface area contributed by atoms with Crippen LogP contribution in [0.3, 0.4) is 0 Å². The highest BCUT2D eigenvalue weighted by Gasteiger charge is 2.29. The molecule has 0 saturated carbocycles. The van der Waals surface area contributed by atoms with Gasteiger partial charge in [0.15, 0.2) is 0 Å². The standard InChI is InChI=1S/C9H12F3N3O2S/c1-6-4-7(2-3-8(6)13)15-18(16,17)14-5-9(10,11)12/h2-4,14-15H,5,13H2,1H3. The van der Waals surface area contributed by atoms with Crippen LogP contribution in [-0.4, -0.2) is 21.1 Å². The molecule has 0 aliphatic heterocycles. The van der Waals surface area contributed by atoms with Crippen molar-refractivity contribution >= 4 is 21.6 Å². The van der Waals surface area contributed by atoms with Gasteiger partial charge in [0.1, 0.15) is 6.54 Å². The molecule has 0 bridgehead atoms. The smallest absolute Gasteiger partial charge is 0.399 e. The van der Waals surface area contributed by atoms with Crippen LogP contribution < -0.4 is 15.2 Å². The second kappa shape index (κ2) is 5.02.